The lowest BCUT2D eigenvalue weighted by Crippen LogP contribution is -2.16. The Morgan fingerprint density at radius 3 is 2.30 bits per heavy atom. The lowest BCUT2D eigenvalue weighted by molar-refractivity contribution is -0.115. The molecular formula is C21H15F2N3O. The van der Waals surface area contributed by atoms with Crippen LogP contribution in [-0.4, -0.2) is 15.3 Å². The van der Waals surface area contributed by atoms with Gasteiger partial charge in [-0.3, -0.25) is 9.20 Å². The molecular weight excluding hydrogens is 348 g/mol. The first-order chi connectivity index (χ1) is 13.1. The molecule has 6 heteroatoms. The van der Waals surface area contributed by atoms with E-state index in [1.807, 2.05) is 18.2 Å². The van der Waals surface area contributed by atoms with Gasteiger partial charge in [-0.1, -0.05) is 18.2 Å². The number of fused-ring (bicyclic) bond motifs is 1. The van der Waals surface area contributed by atoms with Gasteiger partial charge in [0.15, 0.2) is 0 Å². The van der Waals surface area contributed by atoms with Crippen molar-refractivity contribution in [1.29, 1.82) is 0 Å². The largest absolute Gasteiger partial charge is 0.310 e. The third-order valence-electron chi connectivity index (χ3n) is 4.18. The SMILES string of the molecule is O=C(Cc1ccc(F)cc1)Nc1c(-c2ccc(F)cc2)nc2ccccn12. The highest BCUT2D eigenvalue weighted by Gasteiger charge is 2.16. The average Bonchev–Trinajstić information content (AvgIpc) is 3.03. The monoisotopic (exact) mass is 363 g/mol. The van der Waals surface area contributed by atoms with Crippen LogP contribution in [0.25, 0.3) is 16.9 Å². The molecule has 0 aliphatic carbocycles. The number of aromatic nitrogens is 2. The Kier molecular flexibility index (Phi) is 4.38. The van der Waals surface area contributed by atoms with E-state index >= 15 is 0 Å². The molecule has 4 nitrogen and oxygen atoms in total. The summed E-state index contributed by atoms with van der Waals surface area (Å²) in [7, 11) is 0. The molecule has 134 valence electrons. The molecule has 0 saturated carbocycles. The quantitative estimate of drug-likeness (QED) is 0.582. The van der Waals surface area contributed by atoms with Gasteiger partial charge < -0.3 is 5.32 Å². The van der Waals surface area contributed by atoms with Gasteiger partial charge in [-0.05, 0) is 54.1 Å². The molecule has 0 bridgehead atoms. The van der Waals surface area contributed by atoms with Crippen molar-refractivity contribution in [3.63, 3.8) is 0 Å². The summed E-state index contributed by atoms with van der Waals surface area (Å²) in [6, 6.07) is 17.2. The van der Waals surface area contributed by atoms with E-state index in [-0.39, 0.29) is 24.0 Å². The van der Waals surface area contributed by atoms with Crippen molar-refractivity contribution in [3.05, 3.63) is 90.1 Å². The number of carbonyl (C=O) groups excluding carboxylic acids is 1. The van der Waals surface area contributed by atoms with E-state index in [0.29, 0.717) is 28.3 Å². The minimum Gasteiger partial charge on any atom is -0.310 e. The molecule has 1 N–H and O–H groups in total. The second-order valence-electron chi connectivity index (χ2n) is 6.10. The number of anilines is 1. The molecule has 2 aromatic carbocycles. The molecule has 0 fully saturated rings. The fourth-order valence-corrected chi connectivity index (χ4v) is 2.89. The molecule has 2 heterocycles. The molecule has 0 atom stereocenters. The summed E-state index contributed by atoms with van der Waals surface area (Å²) in [4.78, 5) is 17.1. The van der Waals surface area contributed by atoms with Gasteiger partial charge in [0.05, 0.1) is 6.42 Å². The third-order valence-corrected chi connectivity index (χ3v) is 4.18. The molecule has 0 unspecified atom stereocenters. The number of benzene rings is 2. The standard InChI is InChI=1S/C21H15F2N3O/c22-16-8-4-14(5-9-16)13-19(27)25-21-20(15-6-10-17(23)11-7-15)24-18-3-1-2-12-26(18)21/h1-12H,13H2,(H,25,27). The number of carbonyl (C=O) groups is 1. The van der Waals surface area contributed by atoms with Crippen LogP contribution in [0.15, 0.2) is 72.9 Å². The minimum atomic E-state index is -0.348. The van der Waals surface area contributed by atoms with Gasteiger partial charge in [-0.25, -0.2) is 13.8 Å². The summed E-state index contributed by atoms with van der Waals surface area (Å²) < 4.78 is 28.1. The Morgan fingerprint density at radius 2 is 1.59 bits per heavy atom. The van der Waals surface area contributed by atoms with E-state index in [4.69, 9.17) is 0 Å². The summed E-state index contributed by atoms with van der Waals surface area (Å²) in [6.45, 7) is 0. The predicted octanol–water partition coefficient (Wildman–Crippen LogP) is 4.46. The summed E-state index contributed by atoms with van der Waals surface area (Å²) in [6.07, 6.45) is 1.89. The highest BCUT2D eigenvalue weighted by Crippen LogP contribution is 2.29. The molecule has 0 saturated heterocycles. The smallest absolute Gasteiger partial charge is 0.229 e. The molecule has 0 aliphatic rings. The molecule has 1 amide bonds. The molecule has 0 spiro atoms. The number of nitrogens with one attached hydrogen (secondary N) is 1. The number of imidazole rings is 1. The highest BCUT2D eigenvalue weighted by atomic mass is 19.1. The molecule has 0 aliphatic heterocycles. The van der Waals surface area contributed by atoms with Gasteiger partial charge in [-0.15, -0.1) is 0 Å². The second-order valence-corrected chi connectivity index (χ2v) is 6.10. The van der Waals surface area contributed by atoms with Crippen molar-refractivity contribution < 1.29 is 13.6 Å². The van der Waals surface area contributed by atoms with E-state index in [1.54, 1.807) is 34.9 Å². The number of rotatable bonds is 4. The van der Waals surface area contributed by atoms with Crippen molar-refractivity contribution in [2.75, 3.05) is 5.32 Å². The zero-order valence-corrected chi connectivity index (χ0v) is 14.2. The highest BCUT2D eigenvalue weighted by molar-refractivity contribution is 5.95. The molecule has 4 rings (SSSR count). The van der Waals surface area contributed by atoms with Gasteiger partial charge in [-0.2, -0.15) is 0 Å². The van der Waals surface area contributed by atoms with Gasteiger partial charge in [0.2, 0.25) is 5.91 Å². The molecule has 0 radical (unpaired) electrons. The Bertz CT molecular complexity index is 1100. The summed E-state index contributed by atoms with van der Waals surface area (Å²) in [5, 5.41) is 2.88. The van der Waals surface area contributed by atoms with Gasteiger partial charge in [0, 0.05) is 11.8 Å². The average molecular weight is 363 g/mol. The Morgan fingerprint density at radius 1 is 0.926 bits per heavy atom. The van der Waals surface area contributed by atoms with E-state index in [9.17, 15) is 13.6 Å². The maximum Gasteiger partial charge on any atom is 0.229 e. The summed E-state index contributed by atoms with van der Waals surface area (Å²) >= 11 is 0. The van der Waals surface area contributed by atoms with Crippen LogP contribution in [0.1, 0.15) is 5.56 Å². The van der Waals surface area contributed by atoms with Crippen molar-refractivity contribution in [2.24, 2.45) is 0 Å². The second kappa shape index (κ2) is 6.99. The van der Waals surface area contributed by atoms with Crippen LogP contribution in [-0.2, 0) is 11.2 Å². The Labute approximate surface area is 154 Å². The lowest BCUT2D eigenvalue weighted by Gasteiger charge is -2.08. The lowest BCUT2D eigenvalue weighted by atomic mass is 10.1. The first kappa shape index (κ1) is 16.9. The van der Waals surface area contributed by atoms with Crippen LogP contribution < -0.4 is 5.32 Å². The van der Waals surface area contributed by atoms with Crippen molar-refractivity contribution in [2.45, 2.75) is 6.42 Å². The van der Waals surface area contributed by atoms with E-state index in [2.05, 4.69) is 10.3 Å². The number of hydrogen-bond acceptors (Lipinski definition) is 2. The fraction of sp³-hybridized carbons (Fsp3) is 0.0476. The number of nitrogens with zero attached hydrogens (tertiary/aromatic N) is 2. The maximum atomic E-state index is 13.3. The zero-order valence-electron chi connectivity index (χ0n) is 14.2. The predicted molar refractivity (Wildman–Crippen MR) is 99.3 cm³/mol. The van der Waals surface area contributed by atoms with Gasteiger partial charge >= 0.3 is 0 Å². The molecule has 2 aromatic heterocycles. The van der Waals surface area contributed by atoms with Crippen LogP contribution in [0, 0.1) is 11.6 Å². The molecule has 4 aromatic rings. The fourth-order valence-electron chi connectivity index (χ4n) is 2.89. The van der Waals surface area contributed by atoms with Crippen LogP contribution in [0.4, 0.5) is 14.6 Å². The number of hydrogen-bond donors (Lipinski definition) is 1. The number of halogens is 2. The van der Waals surface area contributed by atoms with Crippen molar-refractivity contribution in [1.82, 2.24) is 9.38 Å². The van der Waals surface area contributed by atoms with Crippen LogP contribution in [0.3, 0.4) is 0 Å². The van der Waals surface area contributed by atoms with Crippen LogP contribution in [0.5, 0.6) is 0 Å². The van der Waals surface area contributed by atoms with Crippen LogP contribution >= 0.6 is 0 Å². The first-order valence-corrected chi connectivity index (χ1v) is 8.37. The number of amides is 1. The number of pyridine rings is 1. The Balaban J connectivity index is 1.69. The Hall–Kier alpha value is -3.54. The first-order valence-electron chi connectivity index (χ1n) is 8.37. The zero-order chi connectivity index (χ0) is 18.8. The third kappa shape index (κ3) is 3.55. The van der Waals surface area contributed by atoms with Gasteiger partial charge in [0.25, 0.3) is 0 Å². The molecule has 27 heavy (non-hydrogen) atoms. The normalized spacial score (nSPS) is 10.9. The summed E-state index contributed by atoms with van der Waals surface area (Å²) in [5.74, 6) is -0.441. The van der Waals surface area contributed by atoms with E-state index < -0.39 is 0 Å². The van der Waals surface area contributed by atoms with Crippen molar-refractivity contribution in [3.8, 4) is 11.3 Å². The van der Waals surface area contributed by atoms with Gasteiger partial charge in [0.1, 0.15) is 28.8 Å². The maximum absolute atomic E-state index is 13.3. The van der Waals surface area contributed by atoms with Crippen molar-refractivity contribution >= 4 is 17.4 Å². The minimum absolute atomic E-state index is 0.100. The van der Waals surface area contributed by atoms with E-state index in [0.717, 1.165) is 0 Å². The van der Waals surface area contributed by atoms with Crippen LogP contribution in [0.2, 0.25) is 0 Å². The summed E-state index contributed by atoms with van der Waals surface area (Å²) in [5.41, 5.74) is 2.60. The van der Waals surface area contributed by atoms with E-state index in [1.165, 1.54) is 24.3 Å². The topological polar surface area (TPSA) is 46.4 Å².